The van der Waals surface area contributed by atoms with E-state index in [0.717, 1.165) is 6.42 Å². The lowest BCUT2D eigenvalue weighted by Gasteiger charge is -2.26. The molecule has 1 rings (SSSR count). The fraction of sp³-hybridized carbons (Fsp3) is 0.333. The molecule has 0 saturated carbocycles. The molecule has 0 aromatic heterocycles. The number of nitrogens with one attached hydrogen (secondary N) is 1. The lowest BCUT2D eigenvalue weighted by atomic mass is 10.3. The molecule has 0 radical (unpaired) electrons. The highest BCUT2D eigenvalue weighted by Crippen LogP contribution is 2.20. The maximum atomic E-state index is 5.51. The molecule has 2 nitrogen and oxygen atoms in total. The number of rotatable bonds is 4. The zero-order valence-corrected chi connectivity index (χ0v) is 8.38. The average Bonchev–Trinajstić information content (AvgIpc) is 2.06. The van der Waals surface area contributed by atoms with Crippen LogP contribution in [0.3, 0.4) is 0 Å². The van der Waals surface area contributed by atoms with Crippen LogP contribution in [-0.2, 0) is 4.74 Å². The maximum absolute atomic E-state index is 5.51. The van der Waals surface area contributed by atoms with Crippen molar-refractivity contribution in [1.29, 1.82) is 0 Å². The quantitative estimate of drug-likeness (QED) is 0.346. The third-order valence-corrected chi connectivity index (χ3v) is 2.15. The molecule has 66 valence electrons. The van der Waals surface area contributed by atoms with Crippen molar-refractivity contribution in [1.82, 2.24) is 5.32 Å². The Morgan fingerprint density at radius 2 is 2.42 bits per heavy atom. The number of hydrogen-bond acceptors (Lipinski definition) is 2. The van der Waals surface area contributed by atoms with E-state index in [1.54, 1.807) is 0 Å². The Kier molecular flexibility index (Phi) is 3.56. The first-order chi connectivity index (χ1) is 5.77. The molecule has 0 bridgehead atoms. The van der Waals surface area contributed by atoms with E-state index >= 15 is 0 Å². The van der Waals surface area contributed by atoms with Gasteiger partial charge in [0, 0.05) is 0 Å². The third kappa shape index (κ3) is 2.83. The monoisotopic (exact) mass is 229 g/mol. The molecule has 3 heteroatoms. The largest absolute Gasteiger partial charge is 0.351 e. The van der Waals surface area contributed by atoms with Gasteiger partial charge in [-0.2, -0.15) is 0 Å². The van der Waals surface area contributed by atoms with E-state index in [9.17, 15) is 0 Å². The summed E-state index contributed by atoms with van der Waals surface area (Å²) in [7, 11) is 0. The van der Waals surface area contributed by atoms with Gasteiger partial charge in [-0.15, -0.1) is 6.58 Å². The van der Waals surface area contributed by atoms with Crippen molar-refractivity contribution in [3.8, 4) is 0 Å². The van der Waals surface area contributed by atoms with E-state index < -0.39 is 4.63 Å². The summed E-state index contributed by atoms with van der Waals surface area (Å²) in [6.07, 6.45) is 10.3. The summed E-state index contributed by atoms with van der Waals surface area (Å²) >= 11 is 3.42. The zero-order valence-electron chi connectivity index (χ0n) is 6.79. The van der Waals surface area contributed by atoms with Gasteiger partial charge < -0.3 is 10.1 Å². The van der Waals surface area contributed by atoms with Gasteiger partial charge in [-0.1, -0.05) is 12.2 Å². The summed E-state index contributed by atoms with van der Waals surface area (Å²) in [4.78, 5) is 0. The van der Waals surface area contributed by atoms with Crippen molar-refractivity contribution in [3.63, 3.8) is 0 Å². The predicted molar refractivity (Wildman–Crippen MR) is 53.8 cm³/mol. The molecule has 0 aromatic rings. The van der Waals surface area contributed by atoms with E-state index in [2.05, 4.69) is 27.8 Å². The maximum Gasteiger partial charge on any atom is 0.215 e. The molecule has 1 unspecified atom stereocenters. The summed E-state index contributed by atoms with van der Waals surface area (Å²) < 4.78 is 4.98. The topological polar surface area (TPSA) is 21.3 Å². The number of hydrogen-bond donors (Lipinski definition) is 1. The fourth-order valence-corrected chi connectivity index (χ4v) is 1.27. The Morgan fingerprint density at radius 3 is 3.00 bits per heavy atom. The van der Waals surface area contributed by atoms with Gasteiger partial charge in [-0.3, -0.25) is 0 Å². The normalized spacial score (nSPS) is 26.8. The van der Waals surface area contributed by atoms with Crippen LogP contribution < -0.4 is 5.32 Å². The van der Waals surface area contributed by atoms with Crippen LogP contribution in [-0.4, -0.2) is 11.2 Å². The molecule has 1 atom stereocenters. The minimum Gasteiger partial charge on any atom is -0.351 e. The minimum atomic E-state index is -0.523. The summed E-state index contributed by atoms with van der Waals surface area (Å²) in [6.45, 7) is 4.27. The van der Waals surface area contributed by atoms with Gasteiger partial charge in [0.15, 0.2) is 0 Å². The number of halogens is 1. The SMILES string of the molecule is C=CCCOC1(Br)C=CC=CN1. The van der Waals surface area contributed by atoms with Crippen LogP contribution in [0.4, 0.5) is 0 Å². The molecule has 1 aliphatic heterocycles. The van der Waals surface area contributed by atoms with Crippen molar-refractivity contribution in [2.75, 3.05) is 6.61 Å². The van der Waals surface area contributed by atoms with Crippen molar-refractivity contribution < 1.29 is 4.74 Å². The van der Waals surface area contributed by atoms with Crippen molar-refractivity contribution in [2.45, 2.75) is 11.1 Å². The minimum absolute atomic E-state index is 0.523. The summed E-state index contributed by atoms with van der Waals surface area (Å²) in [5.41, 5.74) is 0. The standard InChI is InChI=1S/C9H12BrNO/c1-2-3-8-12-9(10)6-4-5-7-11-9/h2,4-7,11H,1,3,8H2. The van der Waals surface area contributed by atoms with Crippen LogP contribution in [0.2, 0.25) is 0 Å². The zero-order chi connectivity index (χ0) is 8.86. The number of alkyl halides is 1. The van der Waals surface area contributed by atoms with Crippen LogP contribution in [0.5, 0.6) is 0 Å². The van der Waals surface area contributed by atoms with Crippen LogP contribution in [0.15, 0.2) is 37.1 Å². The summed E-state index contributed by atoms with van der Waals surface area (Å²) in [5.74, 6) is 0. The smallest absolute Gasteiger partial charge is 0.215 e. The van der Waals surface area contributed by atoms with Gasteiger partial charge in [0.2, 0.25) is 4.63 Å². The first-order valence-corrected chi connectivity index (χ1v) is 4.62. The van der Waals surface area contributed by atoms with Gasteiger partial charge in [-0.05, 0) is 40.7 Å². The van der Waals surface area contributed by atoms with Crippen molar-refractivity contribution >= 4 is 15.9 Å². The van der Waals surface area contributed by atoms with Gasteiger partial charge >= 0.3 is 0 Å². The van der Waals surface area contributed by atoms with Crippen LogP contribution in [0.1, 0.15) is 6.42 Å². The summed E-state index contributed by atoms with van der Waals surface area (Å²) in [5, 5.41) is 3.05. The molecule has 1 aliphatic rings. The fourth-order valence-electron chi connectivity index (χ4n) is 0.825. The molecule has 12 heavy (non-hydrogen) atoms. The van der Waals surface area contributed by atoms with Gasteiger partial charge in [0.1, 0.15) is 0 Å². The predicted octanol–water partition coefficient (Wildman–Crippen LogP) is 2.30. The molecule has 0 saturated heterocycles. The van der Waals surface area contributed by atoms with Gasteiger partial charge in [-0.25, -0.2) is 0 Å². The van der Waals surface area contributed by atoms with Crippen molar-refractivity contribution in [2.24, 2.45) is 0 Å². The molecular weight excluding hydrogens is 218 g/mol. The Bertz CT molecular complexity index is 213. The number of ether oxygens (including phenoxy) is 1. The number of allylic oxidation sites excluding steroid dienone is 2. The third-order valence-electron chi connectivity index (χ3n) is 1.43. The first-order valence-electron chi connectivity index (χ1n) is 3.83. The lowest BCUT2D eigenvalue weighted by Crippen LogP contribution is -2.37. The van der Waals surface area contributed by atoms with Crippen LogP contribution in [0.25, 0.3) is 0 Å². The Hall–Kier alpha value is -0.540. The Labute approximate surface area is 81.1 Å². The van der Waals surface area contributed by atoms with Gasteiger partial charge in [0.05, 0.1) is 6.61 Å². The Balaban J connectivity index is 2.34. The highest BCUT2D eigenvalue weighted by molar-refractivity contribution is 9.10. The van der Waals surface area contributed by atoms with Crippen molar-refractivity contribution in [3.05, 3.63) is 37.1 Å². The van der Waals surface area contributed by atoms with Gasteiger partial charge in [0.25, 0.3) is 0 Å². The second kappa shape index (κ2) is 4.48. The van der Waals surface area contributed by atoms with E-state index in [1.165, 1.54) is 0 Å². The van der Waals surface area contributed by atoms with E-state index in [4.69, 9.17) is 4.74 Å². The first kappa shape index (κ1) is 9.55. The molecule has 1 heterocycles. The summed E-state index contributed by atoms with van der Waals surface area (Å²) in [6, 6.07) is 0. The number of dihydropyridines is 1. The average molecular weight is 230 g/mol. The molecular formula is C9H12BrNO. The second-order valence-corrected chi connectivity index (χ2v) is 3.61. The molecule has 0 spiro atoms. The second-order valence-electron chi connectivity index (χ2n) is 2.43. The Morgan fingerprint density at radius 1 is 1.58 bits per heavy atom. The molecule has 0 amide bonds. The molecule has 0 aromatic carbocycles. The highest BCUT2D eigenvalue weighted by atomic mass is 79.9. The van der Waals surface area contributed by atoms with E-state index in [0.29, 0.717) is 6.61 Å². The van der Waals surface area contributed by atoms with E-state index in [-0.39, 0.29) is 0 Å². The molecule has 0 fully saturated rings. The molecule has 0 aliphatic carbocycles. The van der Waals surface area contributed by atoms with Crippen LogP contribution >= 0.6 is 15.9 Å². The lowest BCUT2D eigenvalue weighted by molar-refractivity contribution is 0.0533. The molecule has 1 N–H and O–H groups in total. The van der Waals surface area contributed by atoms with E-state index in [1.807, 2.05) is 30.5 Å². The highest BCUT2D eigenvalue weighted by Gasteiger charge is 2.22. The van der Waals surface area contributed by atoms with Crippen LogP contribution in [0, 0.1) is 0 Å².